The van der Waals surface area contributed by atoms with Crippen LogP contribution in [0.1, 0.15) is 17.5 Å². The van der Waals surface area contributed by atoms with E-state index < -0.39 is 10.0 Å². The summed E-state index contributed by atoms with van der Waals surface area (Å²) >= 11 is 1.71. The molecule has 0 unspecified atom stereocenters. The maximum atomic E-state index is 12.1. The summed E-state index contributed by atoms with van der Waals surface area (Å²) in [6.45, 7) is 2.61. The minimum atomic E-state index is -3.42. The van der Waals surface area contributed by atoms with Crippen LogP contribution in [0.25, 0.3) is 0 Å². The Morgan fingerprint density at radius 2 is 2.11 bits per heavy atom. The summed E-state index contributed by atoms with van der Waals surface area (Å²) in [6.07, 6.45) is 2.83. The van der Waals surface area contributed by atoms with E-state index in [-0.39, 0.29) is 0 Å². The molecule has 0 fully saturated rings. The lowest BCUT2D eigenvalue weighted by Gasteiger charge is -2.11. The van der Waals surface area contributed by atoms with Gasteiger partial charge in [0.2, 0.25) is 10.0 Å². The predicted molar refractivity (Wildman–Crippen MR) is 77.3 cm³/mol. The van der Waals surface area contributed by atoms with Crippen LogP contribution >= 0.6 is 11.8 Å². The summed E-state index contributed by atoms with van der Waals surface area (Å²) in [6, 6.07) is 5.19. The Hall–Kier alpha value is -0.560. The Morgan fingerprint density at radius 3 is 2.72 bits per heavy atom. The van der Waals surface area contributed by atoms with Crippen molar-refractivity contribution in [3.63, 3.8) is 0 Å². The predicted octanol–water partition coefficient (Wildman–Crippen LogP) is 1.49. The van der Waals surface area contributed by atoms with Gasteiger partial charge in [0.1, 0.15) is 0 Å². The van der Waals surface area contributed by atoms with E-state index in [9.17, 15) is 8.42 Å². The molecule has 0 atom stereocenters. The molecule has 102 valence electrons. The van der Waals surface area contributed by atoms with Crippen LogP contribution < -0.4 is 10.5 Å². The average Bonchev–Trinajstić information content (AvgIpc) is 2.35. The van der Waals surface area contributed by atoms with Crippen LogP contribution in [0, 0.1) is 6.92 Å². The van der Waals surface area contributed by atoms with Crippen molar-refractivity contribution in [1.29, 1.82) is 0 Å². The summed E-state index contributed by atoms with van der Waals surface area (Å²) in [5.41, 5.74) is 7.18. The molecule has 1 aromatic carbocycles. The summed E-state index contributed by atoms with van der Waals surface area (Å²) in [5, 5.41) is 0. The van der Waals surface area contributed by atoms with Crippen molar-refractivity contribution >= 4 is 21.8 Å². The van der Waals surface area contributed by atoms with Crippen LogP contribution in [-0.2, 0) is 16.6 Å². The number of hydrogen-bond acceptors (Lipinski definition) is 4. The topological polar surface area (TPSA) is 72.2 Å². The first kappa shape index (κ1) is 15.5. The van der Waals surface area contributed by atoms with Gasteiger partial charge in [-0.2, -0.15) is 11.8 Å². The van der Waals surface area contributed by atoms with E-state index in [1.807, 2.05) is 12.3 Å². The lowest BCUT2D eigenvalue weighted by Crippen LogP contribution is -2.26. The van der Waals surface area contributed by atoms with Crippen LogP contribution in [0.5, 0.6) is 0 Å². The largest absolute Gasteiger partial charge is 0.326 e. The van der Waals surface area contributed by atoms with Gasteiger partial charge in [0.15, 0.2) is 0 Å². The van der Waals surface area contributed by atoms with E-state index in [2.05, 4.69) is 4.72 Å². The van der Waals surface area contributed by atoms with E-state index >= 15 is 0 Å². The third-order valence-corrected chi connectivity index (χ3v) is 5.03. The van der Waals surface area contributed by atoms with Gasteiger partial charge >= 0.3 is 0 Å². The number of rotatable bonds is 7. The molecule has 0 spiro atoms. The number of thioether (sulfide) groups is 1. The highest BCUT2D eigenvalue weighted by atomic mass is 32.2. The molecule has 1 aromatic rings. The molecule has 6 heteroatoms. The first-order valence-electron chi connectivity index (χ1n) is 5.80. The van der Waals surface area contributed by atoms with Crippen LogP contribution in [0.15, 0.2) is 23.1 Å². The van der Waals surface area contributed by atoms with E-state index in [1.165, 1.54) is 0 Å². The van der Waals surface area contributed by atoms with Crippen molar-refractivity contribution in [2.24, 2.45) is 5.73 Å². The second-order valence-corrected chi connectivity index (χ2v) is 6.71. The van der Waals surface area contributed by atoms with E-state index in [1.54, 1.807) is 30.8 Å². The third kappa shape index (κ3) is 3.98. The van der Waals surface area contributed by atoms with Crippen LogP contribution in [0.4, 0.5) is 0 Å². The second kappa shape index (κ2) is 7.13. The Labute approximate surface area is 113 Å². The van der Waals surface area contributed by atoms with Crippen molar-refractivity contribution in [2.45, 2.75) is 24.8 Å². The molecule has 0 aromatic heterocycles. The summed E-state index contributed by atoms with van der Waals surface area (Å²) in [5.74, 6) is 0.949. The van der Waals surface area contributed by atoms with E-state index in [4.69, 9.17) is 5.73 Å². The number of hydrogen-bond donors (Lipinski definition) is 2. The smallest absolute Gasteiger partial charge is 0.240 e. The molecular weight excluding hydrogens is 268 g/mol. The van der Waals surface area contributed by atoms with Crippen LogP contribution in [0.2, 0.25) is 0 Å². The van der Waals surface area contributed by atoms with Gasteiger partial charge in [0, 0.05) is 13.1 Å². The van der Waals surface area contributed by atoms with E-state index in [0.717, 1.165) is 23.3 Å². The number of nitrogens with two attached hydrogens (primary N) is 1. The molecule has 0 radical (unpaired) electrons. The average molecular weight is 288 g/mol. The SMILES string of the molecule is CSCCCNS(=O)(=O)c1cccc(CN)c1C. The van der Waals surface area contributed by atoms with E-state index in [0.29, 0.717) is 18.0 Å². The minimum absolute atomic E-state index is 0.328. The highest BCUT2D eigenvalue weighted by Gasteiger charge is 2.17. The molecular formula is C12H20N2O2S2. The van der Waals surface area contributed by atoms with Crippen LogP contribution in [0.3, 0.4) is 0 Å². The zero-order valence-corrected chi connectivity index (χ0v) is 12.4. The van der Waals surface area contributed by atoms with Gasteiger partial charge in [0.25, 0.3) is 0 Å². The van der Waals surface area contributed by atoms with Gasteiger partial charge in [-0.3, -0.25) is 0 Å². The summed E-state index contributed by atoms with van der Waals surface area (Å²) < 4.78 is 26.9. The monoisotopic (exact) mass is 288 g/mol. The number of benzene rings is 1. The summed E-state index contributed by atoms with van der Waals surface area (Å²) in [7, 11) is -3.42. The zero-order chi connectivity index (χ0) is 13.6. The molecule has 0 aliphatic heterocycles. The molecule has 0 saturated carbocycles. The van der Waals surface area contributed by atoms with Gasteiger partial charge < -0.3 is 5.73 Å². The molecule has 0 amide bonds. The fourth-order valence-corrected chi connectivity index (χ4v) is 3.47. The van der Waals surface area contributed by atoms with Crippen molar-refractivity contribution in [3.05, 3.63) is 29.3 Å². The molecule has 0 aliphatic rings. The Morgan fingerprint density at radius 1 is 1.39 bits per heavy atom. The maximum absolute atomic E-state index is 12.1. The Bertz CT molecular complexity index is 487. The molecule has 0 bridgehead atoms. The molecule has 1 rings (SSSR count). The highest BCUT2D eigenvalue weighted by Crippen LogP contribution is 2.18. The van der Waals surface area contributed by atoms with Crippen molar-refractivity contribution in [1.82, 2.24) is 4.72 Å². The van der Waals surface area contributed by atoms with Gasteiger partial charge in [0.05, 0.1) is 4.90 Å². The van der Waals surface area contributed by atoms with Crippen molar-refractivity contribution in [2.75, 3.05) is 18.6 Å². The second-order valence-electron chi connectivity index (χ2n) is 3.99. The first-order valence-corrected chi connectivity index (χ1v) is 8.67. The molecule has 18 heavy (non-hydrogen) atoms. The maximum Gasteiger partial charge on any atom is 0.240 e. The Balaban J connectivity index is 2.85. The van der Waals surface area contributed by atoms with Gasteiger partial charge in [-0.1, -0.05) is 12.1 Å². The van der Waals surface area contributed by atoms with Crippen molar-refractivity contribution in [3.8, 4) is 0 Å². The highest BCUT2D eigenvalue weighted by molar-refractivity contribution is 7.98. The molecule has 0 saturated heterocycles. The third-order valence-electron chi connectivity index (χ3n) is 2.72. The molecule has 0 heterocycles. The van der Waals surface area contributed by atoms with Crippen LogP contribution in [-0.4, -0.2) is 27.0 Å². The molecule has 0 aliphatic carbocycles. The number of nitrogens with one attached hydrogen (secondary N) is 1. The normalized spacial score (nSPS) is 11.7. The summed E-state index contributed by atoms with van der Waals surface area (Å²) in [4.78, 5) is 0.328. The quantitative estimate of drug-likeness (QED) is 0.746. The molecule has 3 N–H and O–H groups in total. The fourth-order valence-electron chi connectivity index (χ4n) is 1.67. The fraction of sp³-hybridized carbons (Fsp3) is 0.500. The Kier molecular flexibility index (Phi) is 6.14. The lowest BCUT2D eigenvalue weighted by atomic mass is 10.1. The lowest BCUT2D eigenvalue weighted by molar-refractivity contribution is 0.580. The first-order chi connectivity index (χ1) is 8.53. The molecule has 4 nitrogen and oxygen atoms in total. The van der Waals surface area contributed by atoms with Crippen molar-refractivity contribution < 1.29 is 8.42 Å². The van der Waals surface area contributed by atoms with Gasteiger partial charge in [-0.15, -0.1) is 0 Å². The number of sulfonamides is 1. The zero-order valence-electron chi connectivity index (χ0n) is 10.8. The van der Waals surface area contributed by atoms with Gasteiger partial charge in [-0.05, 0) is 42.5 Å². The van der Waals surface area contributed by atoms with Gasteiger partial charge in [-0.25, -0.2) is 13.1 Å². The standard InChI is InChI=1S/C12H20N2O2S2/c1-10-11(9-13)5-3-6-12(10)18(15,16)14-7-4-8-17-2/h3,5-6,14H,4,7-9,13H2,1-2H3. The minimum Gasteiger partial charge on any atom is -0.326 e.